The molecule has 4 heterocycles. The monoisotopic (exact) mass is 385 g/mol. The second-order valence-electron chi connectivity index (χ2n) is 5.26. The van der Waals surface area contributed by atoms with Crippen LogP contribution < -0.4 is 5.32 Å². The molecule has 0 saturated carbocycles. The molecule has 7 nitrogen and oxygen atoms in total. The number of hydrogen-bond acceptors (Lipinski definition) is 7. The van der Waals surface area contributed by atoms with E-state index < -0.39 is 0 Å². The summed E-state index contributed by atoms with van der Waals surface area (Å²) in [5, 5.41) is 10.5. The van der Waals surface area contributed by atoms with Crippen LogP contribution in [-0.4, -0.2) is 29.7 Å². The van der Waals surface area contributed by atoms with E-state index in [0.717, 1.165) is 22.1 Å². The Labute approximate surface area is 160 Å². The van der Waals surface area contributed by atoms with Crippen molar-refractivity contribution in [2.24, 2.45) is 0 Å². The van der Waals surface area contributed by atoms with Gasteiger partial charge in [0.05, 0.1) is 5.69 Å². The number of rotatable bonds is 6. The third-order valence-corrected chi connectivity index (χ3v) is 4.41. The maximum absolute atomic E-state index is 4.58. The molecule has 4 aromatic rings. The largest absolute Gasteiger partial charge is 0.307 e. The molecule has 0 spiro atoms. The third kappa shape index (κ3) is 4.10. The minimum Gasteiger partial charge on any atom is -0.307 e. The van der Waals surface area contributed by atoms with Crippen LogP contribution >= 0.6 is 23.7 Å². The zero-order valence-electron chi connectivity index (χ0n) is 13.7. The minimum absolute atomic E-state index is 0. The van der Waals surface area contributed by atoms with E-state index in [2.05, 4.69) is 30.4 Å². The van der Waals surface area contributed by atoms with Gasteiger partial charge in [-0.05, 0) is 18.2 Å². The molecule has 0 unspecified atom stereocenters. The van der Waals surface area contributed by atoms with E-state index in [9.17, 15) is 0 Å². The van der Waals surface area contributed by atoms with Gasteiger partial charge in [0.2, 0.25) is 0 Å². The number of aromatic nitrogens is 6. The highest BCUT2D eigenvalue weighted by atomic mass is 35.5. The lowest BCUT2D eigenvalue weighted by molar-refractivity contribution is 0.672. The fraction of sp³-hybridized carbons (Fsp3) is 0.118. The Hall–Kier alpha value is -2.68. The SMILES string of the molecule is Cl.c1cnc(-c2nc(CNCc3cccnc3-n3cccn3)cs2)nc1. The molecule has 0 radical (unpaired) electrons. The molecule has 9 heteroatoms. The molecule has 4 aromatic heterocycles. The van der Waals surface area contributed by atoms with E-state index in [4.69, 9.17) is 0 Å². The van der Waals surface area contributed by atoms with Crippen LogP contribution in [0.1, 0.15) is 11.3 Å². The lowest BCUT2D eigenvalue weighted by Gasteiger charge is -2.08. The Bertz CT molecular complexity index is 941. The molecule has 0 amide bonds. The van der Waals surface area contributed by atoms with Gasteiger partial charge in [0.1, 0.15) is 0 Å². The van der Waals surface area contributed by atoms with Crippen molar-refractivity contribution >= 4 is 23.7 Å². The molecule has 0 aromatic carbocycles. The van der Waals surface area contributed by atoms with Crippen LogP contribution in [0.2, 0.25) is 0 Å². The van der Waals surface area contributed by atoms with Gasteiger partial charge in [0, 0.05) is 55.0 Å². The van der Waals surface area contributed by atoms with Crippen molar-refractivity contribution in [2.75, 3.05) is 0 Å². The Morgan fingerprint density at radius 3 is 2.62 bits per heavy atom. The standard InChI is InChI=1S/C17H15N7S.ClH/c1-4-13(16(21-5-1)24-9-3-8-22-24)10-18-11-14-12-25-17(23-14)15-19-6-2-7-20-15;/h1-9,12,18H,10-11H2;1H. The summed E-state index contributed by atoms with van der Waals surface area (Å²) in [6.07, 6.45) is 8.85. The normalized spacial score (nSPS) is 10.5. The van der Waals surface area contributed by atoms with Crippen LogP contribution in [-0.2, 0) is 13.1 Å². The van der Waals surface area contributed by atoms with Gasteiger partial charge in [-0.25, -0.2) is 24.6 Å². The highest BCUT2D eigenvalue weighted by Gasteiger charge is 2.08. The number of nitrogens with one attached hydrogen (secondary N) is 1. The topological polar surface area (TPSA) is 81.4 Å². The second kappa shape index (κ2) is 8.61. The lowest BCUT2D eigenvalue weighted by atomic mass is 10.2. The molecule has 0 aliphatic rings. The third-order valence-electron chi connectivity index (χ3n) is 3.52. The summed E-state index contributed by atoms with van der Waals surface area (Å²) in [5.41, 5.74) is 2.05. The van der Waals surface area contributed by atoms with Crippen molar-refractivity contribution in [1.29, 1.82) is 0 Å². The van der Waals surface area contributed by atoms with E-state index in [0.29, 0.717) is 18.9 Å². The fourth-order valence-electron chi connectivity index (χ4n) is 2.39. The van der Waals surface area contributed by atoms with Gasteiger partial charge >= 0.3 is 0 Å². The summed E-state index contributed by atoms with van der Waals surface area (Å²) in [6.45, 7) is 1.34. The van der Waals surface area contributed by atoms with Gasteiger partial charge in [-0.1, -0.05) is 6.07 Å². The maximum Gasteiger partial charge on any atom is 0.188 e. The van der Waals surface area contributed by atoms with Crippen LogP contribution in [0.15, 0.2) is 60.6 Å². The van der Waals surface area contributed by atoms with Gasteiger partial charge in [-0.2, -0.15) is 5.10 Å². The zero-order valence-corrected chi connectivity index (χ0v) is 15.3. The van der Waals surface area contributed by atoms with Crippen molar-refractivity contribution in [3.05, 3.63) is 71.9 Å². The average Bonchev–Trinajstić information content (AvgIpc) is 3.35. The van der Waals surface area contributed by atoms with E-state index in [1.807, 2.05) is 29.8 Å². The Morgan fingerprint density at radius 2 is 1.81 bits per heavy atom. The number of hydrogen-bond donors (Lipinski definition) is 1. The first-order valence-corrected chi connectivity index (χ1v) is 8.64. The predicted molar refractivity (Wildman–Crippen MR) is 102 cm³/mol. The minimum atomic E-state index is 0. The Morgan fingerprint density at radius 1 is 0.962 bits per heavy atom. The number of nitrogens with zero attached hydrogens (tertiary/aromatic N) is 6. The molecule has 0 bridgehead atoms. The highest BCUT2D eigenvalue weighted by Crippen LogP contribution is 2.19. The van der Waals surface area contributed by atoms with Gasteiger partial charge in [0.25, 0.3) is 0 Å². The predicted octanol–water partition coefficient (Wildman–Crippen LogP) is 2.89. The highest BCUT2D eigenvalue weighted by molar-refractivity contribution is 7.13. The van der Waals surface area contributed by atoms with Crippen molar-refractivity contribution < 1.29 is 0 Å². The first-order valence-electron chi connectivity index (χ1n) is 7.76. The van der Waals surface area contributed by atoms with E-state index in [1.54, 1.807) is 46.9 Å². The molecular formula is C17H16ClN7S. The second-order valence-corrected chi connectivity index (χ2v) is 6.11. The zero-order chi connectivity index (χ0) is 16.9. The summed E-state index contributed by atoms with van der Waals surface area (Å²) < 4.78 is 1.77. The van der Waals surface area contributed by atoms with Crippen LogP contribution in [0.3, 0.4) is 0 Å². The molecule has 0 aliphatic heterocycles. The van der Waals surface area contributed by atoms with Crippen LogP contribution in [0, 0.1) is 0 Å². The van der Waals surface area contributed by atoms with Crippen molar-refractivity contribution in [3.63, 3.8) is 0 Å². The van der Waals surface area contributed by atoms with Gasteiger partial charge in [-0.3, -0.25) is 0 Å². The Balaban J connectivity index is 0.00000196. The molecule has 0 saturated heterocycles. The van der Waals surface area contributed by atoms with Gasteiger partial charge in [0.15, 0.2) is 16.6 Å². The van der Waals surface area contributed by atoms with Crippen LogP contribution in [0.25, 0.3) is 16.6 Å². The summed E-state index contributed by atoms with van der Waals surface area (Å²) in [4.78, 5) is 17.5. The molecule has 0 atom stereocenters. The molecule has 0 aliphatic carbocycles. The number of pyridine rings is 1. The van der Waals surface area contributed by atoms with Gasteiger partial charge < -0.3 is 5.32 Å². The Kier molecular flexibility index (Phi) is 6.00. The molecule has 1 N–H and O–H groups in total. The summed E-state index contributed by atoms with van der Waals surface area (Å²) in [6, 6.07) is 7.65. The van der Waals surface area contributed by atoms with E-state index in [1.165, 1.54) is 0 Å². The summed E-state index contributed by atoms with van der Waals surface area (Å²) in [5.74, 6) is 1.49. The summed E-state index contributed by atoms with van der Waals surface area (Å²) >= 11 is 1.55. The molecule has 26 heavy (non-hydrogen) atoms. The van der Waals surface area contributed by atoms with E-state index in [-0.39, 0.29) is 12.4 Å². The first kappa shape index (κ1) is 18.1. The fourth-order valence-corrected chi connectivity index (χ4v) is 3.16. The first-order chi connectivity index (χ1) is 12.4. The number of halogens is 1. The molecule has 0 fully saturated rings. The van der Waals surface area contributed by atoms with E-state index >= 15 is 0 Å². The quantitative estimate of drug-likeness (QED) is 0.549. The maximum atomic E-state index is 4.58. The molecular weight excluding hydrogens is 370 g/mol. The summed E-state index contributed by atoms with van der Waals surface area (Å²) in [7, 11) is 0. The van der Waals surface area contributed by atoms with Crippen molar-refractivity contribution in [3.8, 4) is 16.6 Å². The smallest absolute Gasteiger partial charge is 0.188 e. The molecule has 132 valence electrons. The lowest BCUT2D eigenvalue weighted by Crippen LogP contribution is -2.15. The van der Waals surface area contributed by atoms with Crippen LogP contribution in [0.4, 0.5) is 0 Å². The van der Waals surface area contributed by atoms with Crippen LogP contribution in [0.5, 0.6) is 0 Å². The number of thiazole rings is 1. The van der Waals surface area contributed by atoms with Crippen molar-refractivity contribution in [2.45, 2.75) is 13.1 Å². The average molecular weight is 386 g/mol. The van der Waals surface area contributed by atoms with Gasteiger partial charge in [-0.15, -0.1) is 23.7 Å². The molecule has 4 rings (SSSR count). The van der Waals surface area contributed by atoms with Crippen molar-refractivity contribution in [1.82, 2.24) is 35.0 Å².